The van der Waals surface area contributed by atoms with E-state index in [1.807, 2.05) is 0 Å². The highest BCUT2D eigenvalue weighted by molar-refractivity contribution is 4.97. The number of alkyl halides is 3. The zero-order valence-corrected chi connectivity index (χ0v) is 10.9. The van der Waals surface area contributed by atoms with Crippen molar-refractivity contribution in [2.75, 3.05) is 0 Å². The van der Waals surface area contributed by atoms with Crippen molar-refractivity contribution in [1.29, 1.82) is 0 Å². The molecule has 4 heteroatoms. The lowest BCUT2D eigenvalue weighted by Crippen LogP contribution is -2.52. The summed E-state index contributed by atoms with van der Waals surface area (Å²) in [4.78, 5) is 0. The lowest BCUT2D eigenvalue weighted by Gasteiger charge is -2.44. The number of hydrogen-bond donors (Lipinski definition) is 1. The molecule has 0 aromatic heterocycles. The van der Waals surface area contributed by atoms with E-state index in [0.717, 1.165) is 32.1 Å². The molecule has 2 fully saturated rings. The fraction of sp³-hybridized carbons (Fsp3) is 1.00. The SMILES string of the molecule is NC1(C2CCCCCC2)CCCC(C(F)(F)F)C1. The third-order valence-electron chi connectivity index (χ3n) is 4.95. The first-order chi connectivity index (χ1) is 8.42. The van der Waals surface area contributed by atoms with Gasteiger partial charge in [0.05, 0.1) is 5.92 Å². The van der Waals surface area contributed by atoms with Crippen LogP contribution in [0.5, 0.6) is 0 Å². The molecule has 0 radical (unpaired) electrons. The van der Waals surface area contributed by atoms with Crippen molar-refractivity contribution in [3.63, 3.8) is 0 Å². The second-order valence-corrected chi connectivity index (χ2v) is 6.26. The Kier molecular flexibility index (Phi) is 4.25. The second-order valence-electron chi connectivity index (χ2n) is 6.26. The first-order valence-corrected chi connectivity index (χ1v) is 7.27. The van der Waals surface area contributed by atoms with E-state index in [2.05, 4.69) is 0 Å². The van der Waals surface area contributed by atoms with Crippen LogP contribution in [-0.4, -0.2) is 11.7 Å². The lowest BCUT2D eigenvalue weighted by molar-refractivity contribution is -0.189. The minimum atomic E-state index is -4.06. The summed E-state index contributed by atoms with van der Waals surface area (Å²) in [5.74, 6) is -0.857. The van der Waals surface area contributed by atoms with Crippen molar-refractivity contribution >= 4 is 0 Å². The van der Waals surface area contributed by atoms with Crippen molar-refractivity contribution in [3.05, 3.63) is 0 Å². The van der Waals surface area contributed by atoms with Crippen LogP contribution in [0.4, 0.5) is 13.2 Å². The Morgan fingerprint density at radius 2 is 1.50 bits per heavy atom. The van der Waals surface area contributed by atoms with E-state index in [-0.39, 0.29) is 12.8 Å². The lowest BCUT2D eigenvalue weighted by atomic mass is 9.67. The van der Waals surface area contributed by atoms with Gasteiger partial charge in [0.1, 0.15) is 0 Å². The van der Waals surface area contributed by atoms with E-state index in [1.54, 1.807) is 0 Å². The second kappa shape index (κ2) is 5.40. The highest BCUT2D eigenvalue weighted by atomic mass is 19.4. The van der Waals surface area contributed by atoms with Crippen LogP contribution < -0.4 is 5.73 Å². The van der Waals surface area contributed by atoms with E-state index in [1.165, 1.54) is 12.8 Å². The molecular formula is C14H24F3N. The Morgan fingerprint density at radius 3 is 2.06 bits per heavy atom. The smallest absolute Gasteiger partial charge is 0.325 e. The molecule has 2 unspecified atom stereocenters. The van der Waals surface area contributed by atoms with Gasteiger partial charge in [0, 0.05) is 5.54 Å². The molecule has 2 atom stereocenters. The number of halogens is 3. The molecule has 2 aliphatic carbocycles. The Labute approximate surface area is 107 Å². The molecule has 2 aliphatic rings. The molecule has 0 aromatic carbocycles. The molecular weight excluding hydrogens is 239 g/mol. The maximum Gasteiger partial charge on any atom is 0.391 e. The van der Waals surface area contributed by atoms with Crippen molar-refractivity contribution in [1.82, 2.24) is 0 Å². The summed E-state index contributed by atoms with van der Waals surface area (Å²) in [6.07, 6.45) is 4.56. The maximum atomic E-state index is 12.9. The van der Waals surface area contributed by atoms with Gasteiger partial charge in [-0.1, -0.05) is 32.1 Å². The summed E-state index contributed by atoms with van der Waals surface area (Å²) < 4.78 is 38.6. The van der Waals surface area contributed by atoms with Crippen LogP contribution in [0.25, 0.3) is 0 Å². The highest BCUT2D eigenvalue weighted by Gasteiger charge is 2.48. The first-order valence-electron chi connectivity index (χ1n) is 7.27. The van der Waals surface area contributed by atoms with Gasteiger partial charge in [-0.3, -0.25) is 0 Å². The van der Waals surface area contributed by atoms with Gasteiger partial charge in [-0.2, -0.15) is 13.2 Å². The maximum absolute atomic E-state index is 12.9. The topological polar surface area (TPSA) is 26.0 Å². The summed E-state index contributed by atoms with van der Waals surface area (Å²) >= 11 is 0. The Morgan fingerprint density at radius 1 is 0.889 bits per heavy atom. The van der Waals surface area contributed by atoms with Crippen LogP contribution in [-0.2, 0) is 0 Å². The molecule has 106 valence electrons. The molecule has 1 nitrogen and oxygen atoms in total. The van der Waals surface area contributed by atoms with E-state index < -0.39 is 17.6 Å². The fourth-order valence-corrected chi connectivity index (χ4v) is 3.84. The van der Waals surface area contributed by atoms with Crippen molar-refractivity contribution in [2.24, 2.45) is 17.6 Å². The predicted molar refractivity (Wildman–Crippen MR) is 66.1 cm³/mol. The quantitative estimate of drug-likeness (QED) is 0.697. The van der Waals surface area contributed by atoms with Crippen LogP contribution in [0.15, 0.2) is 0 Å². The van der Waals surface area contributed by atoms with Crippen LogP contribution in [0.1, 0.15) is 64.2 Å². The molecule has 0 saturated heterocycles. The van der Waals surface area contributed by atoms with Gasteiger partial charge in [0.25, 0.3) is 0 Å². The summed E-state index contributed by atoms with van der Waals surface area (Å²) in [7, 11) is 0. The van der Waals surface area contributed by atoms with Gasteiger partial charge in [0.2, 0.25) is 0 Å². The monoisotopic (exact) mass is 263 g/mol. The van der Waals surface area contributed by atoms with Crippen LogP contribution in [0, 0.1) is 11.8 Å². The minimum Gasteiger partial charge on any atom is -0.325 e. The highest BCUT2D eigenvalue weighted by Crippen LogP contribution is 2.46. The molecule has 0 bridgehead atoms. The third kappa shape index (κ3) is 3.19. The summed E-state index contributed by atoms with van der Waals surface area (Å²) in [6.45, 7) is 0. The number of nitrogens with two attached hydrogens (primary N) is 1. The Hall–Kier alpha value is -0.250. The van der Waals surface area contributed by atoms with Gasteiger partial charge in [-0.25, -0.2) is 0 Å². The van der Waals surface area contributed by atoms with E-state index >= 15 is 0 Å². The molecule has 0 aromatic rings. The minimum absolute atomic E-state index is 0.154. The van der Waals surface area contributed by atoms with Gasteiger partial charge < -0.3 is 5.73 Å². The fourth-order valence-electron chi connectivity index (χ4n) is 3.84. The van der Waals surface area contributed by atoms with Crippen molar-refractivity contribution in [3.8, 4) is 0 Å². The zero-order chi connectivity index (χ0) is 13.2. The van der Waals surface area contributed by atoms with Gasteiger partial charge in [-0.15, -0.1) is 0 Å². The Balaban J connectivity index is 2.04. The van der Waals surface area contributed by atoms with Gasteiger partial charge in [0.15, 0.2) is 0 Å². The van der Waals surface area contributed by atoms with Gasteiger partial charge in [-0.05, 0) is 38.0 Å². The van der Waals surface area contributed by atoms with Gasteiger partial charge >= 0.3 is 6.18 Å². The zero-order valence-electron chi connectivity index (χ0n) is 10.9. The summed E-state index contributed by atoms with van der Waals surface area (Å²) in [5.41, 5.74) is 5.84. The number of rotatable bonds is 1. The molecule has 2 saturated carbocycles. The first kappa shape index (κ1) is 14.2. The van der Waals surface area contributed by atoms with Crippen molar-refractivity contribution < 1.29 is 13.2 Å². The van der Waals surface area contributed by atoms with Crippen LogP contribution in [0.3, 0.4) is 0 Å². The van der Waals surface area contributed by atoms with Crippen LogP contribution in [0.2, 0.25) is 0 Å². The standard InChI is InChI=1S/C14H24F3N/c15-14(16,17)12-8-5-9-13(18,10-12)11-6-3-1-2-4-7-11/h11-12H,1-10,18H2. The van der Waals surface area contributed by atoms with E-state index in [9.17, 15) is 13.2 Å². The number of hydrogen-bond acceptors (Lipinski definition) is 1. The molecule has 0 amide bonds. The molecule has 0 heterocycles. The third-order valence-corrected chi connectivity index (χ3v) is 4.95. The van der Waals surface area contributed by atoms with Crippen LogP contribution >= 0.6 is 0 Å². The average Bonchev–Trinajstić information content (AvgIpc) is 2.57. The van der Waals surface area contributed by atoms with E-state index in [4.69, 9.17) is 5.73 Å². The molecule has 2 N–H and O–H groups in total. The molecule has 0 aliphatic heterocycles. The Bertz CT molecular complexity index is 269. The van der Waals surface area contributed by atoms with E-state index in [0.29, 0.717) is 12.3 Å². The summed E-state index contributed by atoms with van der Waals surface area (Å²) in [5, 5.41) is 0. The average molecular weight is 263 g/mol. The molecule has 0 spiro atoms. The normalized spacial score (nSPS) is 36.3. The molecule has 18 heavy (non-hydrogen) atoms. The van der Waals surface area contributed by atoms with Crippen molar-refractivity contribution in [2.45, 2.75) is 75.9 Å². The summed E-state index contributed by atoms with van der Waals surface area (Å²) in [6, 6.07) is 0. The molecule has 2 rings (SSSR count). The largest absolute Gasteiger partial charge is 0.391 e. The predicted octanol–water partition coefficient (Wildman–Crippen LogP) is 4.41.